The van der Waals surface area contributed by atoms with E-state index in [4.69, 9.17) is 29.0 Å². The number of para-hydroxylation sites is 1. The van der Waals surface area contributed by atoms with Crippen LogP contribution in [0, 0.1) is 34.0 Å². The molecule has 1 unspecified atom stereocenters. The molecule has 2 aliphatic carbocycles. The van der Waals surface area contributed by atoms with Crippen molar-refractivity contribution in [2.45, 2.75) is 115 Å². The van der Waals surface area contributed by atoms with Gasteiger partial charge in [-0.15, -0.1) is 0 Å². The number of nitrogen functional groups attached to an aromatic ring is 1. The summed E-state index contributed by atoms with van der Waals surface area (Å²) in [5, 5.41) is 38.8. The average Bonchev–Trinajstić information content (AvgIpc) is 3.70. The SMILES string of the molecule is CC(C)(C[C@H]1[C@H](COP(=O)(N[C@@H](CC(=O)OC2CCC2)C(=O)OC2CCC2)Oc2ccccc2)O[C@@](C#N)(c2ccc3c(N)ncnn23)[C@@H]1CC(C)(C)C(=O)O)C(=O)O. The molecular formula is C40H51N6O12P. The van der Waals surface area contributed by atoms with Gasteiger partial charge in [0.05, 0.1) is 35.7 Å². The van der Waals surface area contributed by atoms with E-state index in [0.29, 0.717) is 31.2 Å². The molecule has 318 valence electrons. The van der Waals surface area contributed by atoms with Crippen molar-refractivity contribution in [3.63, 3.8) is 0 Å². The third-order valence-corrected chi connectivity index (χ3v) is 13.1. The molecule has 59 heavy (non-hydrogen) atoms. The lowest BCUT2D eigenvalue weighted by atomic mass is 9.66. The fraction of sp³-hybridized carbons (Fsp3) is 0.575. The molecular weight excluding hydrogens is 787 g/mol. The topological polar surface area (TPSA) is 264 Å². The molecule has 1 aromatic carbocycles. The summed E-state index contributed by atoms with van der Waals surface area (Å²) < 4.78 is 46.4. The maximum Gasteiger partial charge on any atom is 0.459 e. The Morgan fingerprint density at radius 3 is 2.22 bits per heavy atom. The van der Waals surface area contributed by atoms with Crippen LogP contribution in [-0.4, -0.2) is 79.6 Å². The van der Waals surface area contributed by atoms with Crippen LogP contribution in [0.2, 0.25) is 0 Å². The number of fused-ring (bicyclic) bond motifs is 1. The van der Waals surface area contributed by atoms with Crippen molar-refractivity contribution < 1.29 is 57.2 Å². The number of nitrogens with one attached hydrogen (secondary N) is 1. The molecule has 6 rings (SSSR count). The molecule has 2 saturated carbocycles. The second kappa shape index (κ2) is 17.3. The van der Waals surface area contributed by atoms with Gasteiger partial charge in [0, 0.05) is 5.92 Å². The molecule has 6 atom stereocenters. The highest BCUT2D eigenvalue weighted by Crippen LogP contribution is 2.56. The number of benzene rings is 1. The molecule has 3 aromatic rings. The van der Waals surface area contributed by atoms with Gasteiger partial charge >= 0.3 is 31.6 Å². The van der Waals surface area contributed by atoms with Gasteiger partial charge in [0.1, 0.15) is 41.9 Å². The minimum atomic E-state index is -4.72. The number of carboxylic acid groups (broad SMARTS) is 2. The van der Waals surface area contributed by atoms with Crippen molar-refractivity contribution >= 4 is 43.0 Å². The number of carbonyl (C=O) groups is 4. The molecule has 18 nitrogen and oxygen atoms in total. The van der Waals surface area contributed by atoms with Crippen molar-refractivity contribution in [3.8, 4) is 11.8 Å². The number of ether oxygens (including phenoxy) is 3. The van der Waals surface area contributed by atoms with Gasteiger partial charge in [-0.25, -0.2) is 14.1 Å². The molecule has 3 fully saturated rings. The summed E-state index contributed by atoms with van der Waals surface area (Å²) in [6.07, 6.45) is 2.75. The fourth-order valence-corrected chi connectivity index (χ4v) is 9.04. The lowest BCUT2D eigenvalue weighted by molar-refractivity contribution is -0.162. The number of hydrogen-bond donors (Lipinski definition) is 4. The quantitative estimate of drug-likeness (QED) is 0.0869. The van der Waals surface area contributed by atoms with Crippen molar-refractivity contribution in [3.05, 3.63) is 54.5 Å². The summed E-state index contributed by atoms with van der Waals surface area (Å²) in [5.41, 5.74) is 1.74. The van der Waals surface area contributed by atoms with Crippen molar-refractivity contribution in [1.82, 2.24) is 19.7 Å². The first kappa shape index (κ1) is 43.5. The number of hydrogen-bond acceptors (Lipinski definition) is 14. The standard InChI is InChI=1S/C40H51N6O12P/c1-38(2,36(49)50)19-27-28(20-39(3,4)37(51)52)40(22-41,32-17-16-30-34(42)43-23-44-46(30)32)57-31(27)21-54-59(53,58-26-10-6-5-7-11-26)45-29(35(48)56-25-14-9-15-25)18-33(47)55-24-12-8-13-24/h5-7,10-11,16-17,23-25,27-29,31H,8-9,12-15,18-21H2,1-4H3,(H,45,53)(H,49,50)(H,51,52)(H2,42,43,44)/t27-,28-,29+,31+,40-,59?/m1/s1. The maximum atomic E-state index is 15.0. The second-order valence-corrected chi connectivity index (χ2v) is 18.5. The van der Waals surface area contributed by atoms with Gasteiger partial charge in [0.15, 0.2) is 11.4 Å². The van der Waals surface area contributed by atoms with Gasteiger partial charge in [-0.3, -0.25) is 23.7 Å². The summed E-state index contributed by atoms with van der Waals surface area (Å²) >= 11 is 0. The lowest BCUT2D eigenvalue weighted by Gasteiger charge is -2.36. The number of rotatable bonds is 19. The van der Waals surface area contributed by atoms with Crippen LogP contribution in [0.5, 0.6) is 5.75 Å². The lowest BCUT2D eigenvalue weighted by Crippen LogP contribution is -2.43. The van der Waals surface area contributed by atoms with E-state index in [1.165, 1.54) is 50.7 Å². The third kappa shape index (κ3) is 9.54. The highest BCUT2D eigenvalue weighted by molar-refractivity contribution is 7.52. The maximum absolute atomic E-state index is 15.0. The Labute approximate surface area is 341 Å². The van der Waals surface area contributed by atoms with E-state index >= 15 is 4.57 Å². The number of nitrogens with zero attached hydrogens (tertiary/aromatic N) is 4. The van der Waals surface area contributed by atoms with Gasteiger partial charge in [0.25, 0.3) is 0 Å². The largest absolute Gasteiger partial charge is 0.481 e. The van der Waals surface area contributed by atoms with E-state index < -0.39 is 85.1 Å². The number of nitriles is 1. The Hall–Kier alpha value is -5.08. The molecule has 1 saturated heterocycles. The molecule has 5 N–H and O–H groups in total. The van der Waals surface area contributed by atoms with E-state index in [1.54, 1.807) is 30.3 Å². The number of carbonyl (C=O) groups excluding carboxylic acids is 2. The van der Waals surface area contributed by atoms with Crippen LogP contribution in [-0.2, 0) is 48.1 Å². The molecule has 2 aromatic heterocycles. The summed E-state index contributed by atoms with van der Waals surface area (Å²) in [6, 6.07) is 11.8. The first-order valence-corrected chi connectivity index (χ1v) is 21.2. The number of aliphatic carboxylic acids is 2. The number of carboxylic acids is 2. The van der Waals surface area contributed by atoms with Crippen molar-refractivity contribution in [2.75, 3.05) is 12.3 Å². The van der Waals surface area contributed by atoms with Crippen molar-refractivity contribution in [1.29, 1.82) is 5.26 Å². The van der Waals surface area contributed by atoms with E-state index in [-0.39, 0.29) is 42.3 Å². The third-order valence-electron chi connectivity index (χ3n) is 11.5. The van der Waals surface area contributed by atoms with E-state index in [1.807, 2.05) is 0 Å². The van der Waals surface area contributed by atoms with Crippen LogP contribution in [0.1, 0.15) is 91.2 Å². The van der Waals surface area contributed by atoms with Gasteiger partial charge < -0.3 is 34.7 Å². The smallest absolute Gasteiger partial charge is 0.459 e. The normalized spacial score (nSPS) is 23.9. The van der Waals surface area contributed by atoms with E-state index in [9.17, 15) is 34.7 Å². The Balaban J connectivity index is 1.40. The first-order chi connectivity index (χ1) is 27.9. The summed E-state index contributed by atoms with van der Waals surface area (Å²) in [5.74, 6) is -5.72. The Kier molecular flexibility index (Phi) is 12.7. The zero-order valence-corrected chi connectivity index (χ0v) is 34.3. The van der Waals surface area contributed by atoms with Crippen LogP contribution < -0.4 is 15.3 Å². The Morgan fingerprint density at radius 1 is 1.00 bits per heavy atom. The van der Waals surface area contributed by atoms with Gasteiger partial charge in [-0.1, -0.05) is 18.2 Å². The zero-order chi connectivity index (χ0) is 42.8. The molecule has 0 amide bonds. The minimum absolute atomic E-state index is 0.0757. The number of anilines is 1. The Morgan fingerprint density at radius 2 is 1.63 bits per heavy atom. The summed E-state index contributed by atoms with van der Waals surface area (Å²) in [7, 11) is -4.72. The zero-order valence-electron chi connectivity index (χ0n) is 33.4. The Bertz CT molecular complexity index is 2130. The van der Waals surface area contributed by atoms with Crippen LogP contribution in [0.4, 0.5) is 5.82 Å². The monoisotopic (exact) mass is 838 g/mol. The number of nitrogens with two attached hydrogens (primary N) is 1. The average molecular weight is 839 g/mol. The van der Waals surface area contributed by atoms with Crippen LogP contribution in [0.25, 0.3) is 5.52 Å². The fourth-order valence-electron chi connectivity index (χ4n) is 7.54. The van der Waals surface area contributed by atoms with Crippen LogP contribution >= 0.6 is 7.75 Å². The molecule has 1 aliphatic heterocycles. The van der Waals surface area contributed by atoms with Gasteiger partial charge in [0.2, 0.25) is 0 Å². The molecule has 0 bridgehead atoms. The molecule has 3 aliphatic rings. The second-order valence-electron chi connectivity index (χ2n) is 16.8. The van der Waals surface area contributed by atoms with Crippen molar-refractivity contribution in [2.24, 2.45) is 22.7 Å². The van der Waals surface area contributed by atoms with Crippen LogP contribution in [0.15, 0.2) is 48.8 Å². The van der Waals surface area contributed by atoms with E-state index in [0.717, 1.165) is 12.8 Å². The summed E-state index contributed by atoms with van der Waals surface area (Å²) in [6.45, 7) is 5.34. The molecule has 0 radical (unpaired) electrons. The predicted molar refractivity (Wildman–Crippen MR) is 208 cm³/mol. The molecule has 0 spiro atoms. The first-order valence-electron chi connectivity index (χ1n) is 19.7. The molecule has 3 heterocycles. The number of esters is 2. The minimum Gasteiger partial charge on any atom is -0.481 e. The highest BCUT2D eigenvalue weighted by atomic mass is 31.2. The number of aromatic nitrogens is 3. The molecule has 19 heteroatoms. The highest BCUT2D eigenvalue weighted by Gasteiger charge is 2.61. The van der Waals surface area contributed by atoms with Crippen LogP contribution in [0.3, 0.4) is 0 Å². The van der Waals surface area contributed by atoms with E-state index in [2.05, 4.69) is 21.2 Å². The van der Waals surface area contributed by atoms with Gasteiger partial charge in [-0.2, -0.15) is 15.4 Å². The predicted octanol–water partition coefficient (Wildman–Crippen LogP) is 5.41. The summed E-state index contributed by atoms with van der Waals surface area (Å²) in [4.78, 5) is 56.1. The van der Waals surface area contributed by atoms with Gasteiger partial charge in [-0.05, 0) is 109 Å².